The number of amides is 1. The van der Waals surface area contributed by atoms with Crippen molar-refractivity contribution in [2.75, 3.05) is 12.8 Å². The predicted molar refractivity (Wildman–Crippen MR) is 70.7 cm³/mol. The summed E-state index contributed by atoms with van der Waals surface area (Å²) in [6.07, 6.45) is 0. The molecule has 2 rings (SSSR count). The molecular formula is C14H12F2N2O2. The van der Waals surface area contributed by atoms with E-state index in [9.17, 15) is 13.6 Å². The van der Waals surface area contributed by atoms with Crippen LogP contribution in [-0.4, -0.2) is 13.0 Å². The summed E-state index contributed by atoms with van der Waals surface area (Å²) in [4.78, 5) is 11.7. The van der Waals surface area contributed by atoms with Gasteiger partial charge in [0.2, 0.25) is 0 Å². The van der Waals surface area contributed by atoms with Crippen LogP contribution in [0, 0.1) is 11.6 Å². The summed E-state index contributed by atoms with van der Waals surface area (Å²) in [6.45, 7) is 0. The van der Waals surface area contributed by atoms with E-state index in [1.165, 1.54) is 25.2 Å². The second-order valence-electron chi connectivity index (χ2n) is 4.04. The average Bonchev–Trinajstić information content (AvgIpc) is 2.37. The first-order chi connectivity index (χ1) is 9.49. The van der Waals surface area contributed by atoms with Crippen molar-refractivity contribution in [3.63, 3.8) is 0 Å². The SMILES string of the molecule is CNC(=O)c1ccc(N)cc1Oc1cc(F)cc(F)c1. The number of ether oxygens (including phenoxy) is 1. The van der Waals surface area contributed by atoms with Gasteiger partial charge in [-0.25, -0.2) is 8.78 Å². The molecule has 0 fully saturated rings. The van der Waals surface area contributed by atoms with Crippen LogP contribution >= 0.6 is 0 Å². The number of carbonyl (C=O) groups excluding carboxylic acids is 1. The van der Waals surface area contributed by atoms with Crippen molar-refractivity contribution < 1.29 is 18.3 Å². The third-order valence-corrected chi connectivity index (χ3v) is 2.54. The summed E-state index contributed by atoms with van der Waals surface area (Å²) >= 11 is 0. The molecule has 0 unspecified atom stereocenters. The zero-order valence-corrected chi connectivity index (χ0v) is 10.6. The minimum Gasteiger partial charge on any atom is -0.456 e. The highest BCUT2D eigenvalue weighted by atomic mass is 19.1. The Morgan fingerprint density at radius 2 is 1.80 bits per heavy atom. The van der Waals surface area contributed by atoms with Crippen LogP contribution in [0.5, 0.6) is 11.5 Å². The highest BCUT2D eigenvalue weighted by Gasteiger charge is 2.13. The van der Waals surface area contributed by atoms with Crippen LogP contribution in [0.25, 0.3) is 0 Å². The zero-order chi connectivity index (χ0) is 14.7. The lowest BCUT2D eigenvalue weighted by Crippen LogP contribution is -2.18. The molecule has 3 N–H and O–H groups in total. The first-order valence-electron chi connectivity index (χ1n) is 5.75. The lowest BCUT2D eigenvalue weighted by molar-refractivity contribution is 0.0961. The highest BCUT2D eigenvalue weighted by molar-refractivity contribution is 5.97. The molecule has 0 aromatic heterocycles. The number of hydrogen-bond acceptors (Lipinski definition) is 3. The van der Waals surface area contributed by atoms with E-state index >= 15 is 0 Å². The molecule has 0 radical (unpaired) electrons. The Morgan fingerprint density at radius 1 is 1.15 bits per heavy atom. The minimum atomic E-state index is -0.773. The van der Waals surface area contributed by atoms with Crippen molar-refractivity contribution in [3.05, 3.63) is 53.6 Å². The maximum Gasteiger partial charge on any atom is 0.254 e. The number of nitrogens with two attached hydrogens (primary N) is 1. The molecule has 0 aliphatic heterocycles. The maximum atomic E-state index is 13.1. The van der Waals surface area contributed by atoms with Gasteiger partial charge in [0.05, 0.1) is 5.56 Å². The fraction of sp³-hybridized carbons (Fsp3) is 0.0714. The fourth-order valence-electron chi connectivity index (χ4n) is 1.66. The van der Waals surface area contributed by atoms with Crippen molar-refractivity contribution in [1.82, 2.24) is 5.32 Å². The Morgan fingerprint density at radius 3 is 2.40 bits per heavy atom. The molecule has 2 aromatic rings. The number of anilines is 1. The van der Waals surface area contributed by atoms with E-state index in [0.717, 1.165) is 18.2 Å². The van der Waals surface area contributed by atoms with E-state index in [4.69, 9.17) is 10.5 Å². The van der Waals surface area contributed by atoms with Gasteiger partial charge >= 0.3 is 0 Å². The fourth-order valence-corrected chi connectivity index (χ4v) is 1.66. The summed E-state index contributed by atoms with van der Waals surface area (Å²) < 4.78 is 31.6. The van der Waals surface area contributed by atoms with Gasteiger partial charge in [-0.3, -0.25) is 4.79 Å². The summed E-state index contributed by atoms with van der Waals surface area (Å²) in [5.41, 5.74) is 6.20. The second-order valence-corrected chi connectivity index (χ2v) is 4.04. The van der Waals surface area contributed by atoms with E-state index in [1.807, 2.05) is 0 Å². The Bertz CT molecular complexity index is 639. The number of halogens is 2. The van der Waals surface area contributed by atoms with E-state index in [1.54, 1.807) is 0 Å². The number of benzene rings is 2. The molecule has 0 heterocycles. The first-order valence-corrected chi connectivity index (χ1v) is 5.75. The average molecular weight is 278 g/mol. The van der Waals surface area contributed by atoms with Crippen molar-refractivity contribution >= 4 is 11.6 Å². The Kier molecular flexibility index (Phi) is 3.84. The van der Waals surface area contributed by atoms with E-state index in [0.29, 0.717) is 5.69 Å². The van der Waals surface area contributed by atoms with E-state index in [2.05, 4.69) is 5.32 Å². The monoisotopic (exact) mass is 278 g/mol. The largest absolute Gasteiger partial charge is 0.456 e. The molecule has 0 saturated carbocycles. The number of carbonyl (C=O) groups is 1. The summed E-state index contributed by atoms with van der Waals surface area (Å²) in [5, 5.41) is 2.44. The standard InChI is InChI=1S/C14H12F2N2O2/c1-18-14(19)12-3-2-10(17)7-13(12)20-11-5-8(15)4-9(16)6-11/h2-7H,17H2,1H3,(H,18,19). The molecule has 1 amide bonds. The van der Waals surface area contributed by atoms with Crippen molar-refractivity contribution in [2.45, 2.75) is 0 Å². The molecule has 2 aromatic carbocycles. The molecule has 0 aliphatic rings. The molecule has 0 bridgehead atoms. The highest BCUT2D eigenvalue weighted by Crippen LogP contribution is 2.28. The molecular weight excluding hydrogens is 266 g/mol. The van der Waals surface area contributed by atoms with Crippen molar-refractivity contribution in [3.8, 4) is 11.5 Å². The van der Waals surface area contributed by atoms with Gasteiger partial charge in [0, 0.05) is 37.0 Å². The second kappa shape index (κ2) is 5.56. The molecule has 0 atom stereocenters. The molecule has 104 valence electrons. The van der Waals surface area contributed by atoms with Crippen LogP contribution in [0.3, 0.4) is 0 Å². The molecule has 4 nitrogen and oxygen atoms in total. The third-order valence-electron chi connectivity index (χ3n) is 2.54. The number of nitrogens with one attached hydrogen (secondary N) is 1. The topological polar surface area (TPSA) is 64.4 Å². The van der Waals surface area contributed by atoms with Gasteiger partial charge in [0.15, 0.2) is 0 Å². The Balaban J connectivity index is 2.41. The van der Waals surface area contributed by atoms with Gasteiger partial charge in [0.1, 0.15) is 23.1 Å². The van der Waals surface area contributed by atoms with Crippen LogP contribution in [0.4, 0.5) is 14.5 Å². The van der Waals surface area contributed by atoms with Crippen LogP contribution in [0.1, 0.15) is 10.4 Å². The summed E-state index contributed by atoms with van der Waals surface area (Å²) in [6, 6.07) is 7.17. The normalized spacial score (nSPS) is 10.2. The smallest absolute Gasteiger partial charge is 0.254 e. The Hall–Kier alpha value is -2.63. The lowest BCUT2D eigenvalue weighted by atomic mass is 10.1. The minimum absolute atomic E-state index is 0.0572. The van der Waals surface area contributed by atoms with Crippen LogP contribution in [0.15, 0.2) is 36.4 Å². The van der Waals surface area contributed by atoms with Gasteiger partial charge in [-0.1, -0.05) is 0 Å². The summed E-state index contributed by atoms with van der Waals surface area (Å²) in [7, 11) is 1.46. The molecule has 0 saturated heterocycles. The first kappa shape index (κ1) is 13.8. The Labute approximate surface area is 114 Å². The quantitative estimate of drug-likeness (QED) is 0.848. The summed E-state index contributed by atoms with van der Waals surface area (Å²) in [5.74, 6) is -1.87. The lowest BCUT2D eigenvalue weighted by Gasteiger charge is -2.11. The molecule has 0 aliphatic carbocycles. The molecule has 20 heavy (non-hydrogen) atoms. The van der Waals surface area contributed by atoms with Crippen LogP contribution in [0.2, 0.25) is 0 Å². The van der Waals surface area contributed by atoms with Crippen LogP contribution < -0.4 is 15.8 Å². The van der Waals surface area contributed by atoms with E-state index in [-0.39, 0.29) is 17.1 Å². The van der Waals surface area contributed by atoms with Gasteiger partial charge in [0.25, 0.3) is 5.91 Å². The maximum absolute atomic E-state index is 13.1. The van der Waals surface area contributed by atoms with E-state index < -0.39 is 17.5 Å². The van der Waals surface area contributed by atoms with Gasteiger partial charge < -0.3 is 15.8 Å². The van der Waals surface area contributed by atoms with Gasteiger partial charge in [-0.05, 0) is 12.1 Å². The van der Waals surface area contributed by atoms with Crippen LogP contribution in [-0.2, 0) is 0 Å². The van der Waals surface area contributed by atoms with Crippen molar-refractivity contribution in [2.24, 2.45) is 0 Å². The van der Waals surface area contributed by atoms with Gasteiger partial charge in [-0.15, -0.1) is 0 Å². The number of nitrogen functional groups attached to an aromatic ring is 1. The number of rotatable bonds is 3. The molecule has 0 spiro atoms. The zero-order valence-electron chi connectivity index (χ0n) is 10.6. The molecule has 6 heteroatoms. The number of hydrogen-bond donors (Lipinski definition) is 2. The third kappa shape index (κ3) is 3.03. The van der Waals surface area contributed by atoms with Gasteiger partial charge in [-0.2, -0.15) is 0 Å². The van der Waals surface area contributed by atoms with Crippen molar-refractivity contribution in [1.29, 1.82) is 0 Å². The predicted octanol–water partition coefficient (Wildman–Crippen LogP) is 2.70.